The van der Waals surface area contributed by atoms with Gasteiger partial charge in [0.15, 0.2) is 0 Å². The summed E-state index contributed by atoms with van der Waals surface area (Å²) >= 11 is 0. The third-order valence-electron chi connectivity index (χ3n) is 13.7. The molecule has 4 aromatic heterocycles. The predicted molar refractivity (Wildman–Crippen MR) is 231 cm³/mol. The Kier molecular flexibility index (Phi) is 9.58. The largest absolute Gasteiger partial charge is 0.465 e. The van der Waals surface area contributed by atoms with Crippen LogP contribution in [0.2, 0.25) is 0 Å². The van der Waals surface area contributed by atoms with Crippen molar-refractivity contribution in [3.05, 3.63) is 123 Å². The second kappa shape index (κ2) is 14.8. The molecule has 7 aromatic rings. The molecule has 4 N–H and O–H groups in total. The van der Waals surface area contributed by atoms with Crippen LogP contribution >= 0.6 is 0 Å². The van der Waals surface area contributed by atoms with Gasteiger partial charge in [0.1, 0.15) is 35.1 Å². The Bertz CT molecular complexity index is 3060. The fourth-order valence-corrected chi connectivity index (χ4v) is 10.3. The molecule has 6 heterocycles. The van der Waals surface area contributed by atoms with E-state index in [9.17, 15) is 19.8 Å². The third kappa shape index (κ3) is 6.26. The van der Waals surface area contributed by atoms with Gasteiger partial charge in [-0.3, -0.25) is 29.4 Å². The van der Waals surface area contributed by atoms with E-state index in [1.807, 2.05) is 50.1 Å². The summed E-state index contributed by atoms with van der Waals surface area (Å²) in [6, 6.07) is 13.6. The molecule has 4 atom stereocenters. The normalized spacial score (nSPS) is 21.0. The number of fused-ring (bicyclic) bond motifs is 3. The number of carboxylic acid groups (broad SMARTS) is 1. The van der Waals surface area contributed by atoms with E-state index in [1.54, 1.807) is 70.6 Å². The summed E-state index contributed by atoms with van der Waals surface area (Å²) in [5.74, 6) is -0.878. The maximum Gasteiger partial charge on any atom is 0.410 e. The average Bonchev–Trinajstić information content (AvgIpc) is 3.70. The molecule has 0 spiro atoms. The van der Waals surface area contributed by atoms with Gasteiger partial charge in [0.05, 0.1) is 40.0 Å². The van der Waals surface area contributed by atoms with E-state index in [1.165, 1.54) is 9.13 Å². The number of halogens is 2. The molecule has 2 aliphatic heterocycles. The van der Waals surface area contributed by atoms with Gasteiger partial charge in [0.2, 0.25) is 0 Å². The summed E-state index contributed by atoms with van der Waals surface area (Å²) in [5, 5.41) is 44.3. The van der Waals surface area contributed by atoms with E-state index in [0.717, 1.165) is 10.9 Å². The van der Waals surface area contributed by atoms with E-state index in [0.29, 0.717) is 102 Å². The van der Waals surface area contributed by atoms with Crippen molar-refractivity contribution in [3.63, 3.8) is 0 Å². The fraction of sp³-hybridized carbons (Fsp3) is 0.370. The molecule has 15 nitrogen and oxygen atoms in total. The highest BCUT2D eigenvalue weighted by molar-refractivity contribution is 6.01. The van der Waals surface area contributed by atoms with Crippen LogP contribution in [0.15, 0.2) is 71.9 Å². The Hall–Kier alpha value is -6.43. The van der Waals surface area contributed by atoms with Crippen LogP contribution in [-0.2, 0) is 23.7 Å². The number of benzene rings is 3. The summed E-state index contributed by atoms with van der Waals surface area (Å²) in [6.45, 7) is 8.53. The second-order valence-corrected chi connectivity index (χ2v) is 17.4. The highest BCUT2D eigenvalue weighted by Crippen LogP contribution is 2.54. The summed E-state index contributed by atoms with van der Waals surface area (Å²) < 4.78 is 45.8. The van der Waals surface area contributed by atoms with Crippen molar-refractivity contribution in [2.45, 2.75) is 77.1 Å². The van der Waals surface area contributed by atoms with Gasteiger partial charge < -0.3 is 19.5 Å². The Labute approximate surface area is 360 Å². The van der Waals surface area contributed by atoms with Crippen LogP contribution in [0, 0.1) is 36.8 Å². The molecule has 17 heteroatoms. The number of hydrogen-bond acceptors (Lipinski definition) is 8. The fourth-order valence-electron chi connectivity index (χ4n) is 10.3. The maximum atomic E-state index is 16.9. The first-order valence-corrected chi connectivity index (χ1v) is 21.3. The number of imidazole rings is 1. The third-order valence-corrected chi connectivity index (χ3v) is 13.7. The number of amides is 1. The quantitative estimate of drug-likeness (QED) is 0.0931. The zero-order valence-electron chi connectivity index (χ0n) is 35.6. The molecule has 1 aliphatic carbocycles. The van der Waals surface area contributed by atoms with Gasteiger partial charge in [-0.25, -0.2) is 23.1 Å². The molecule has 2 fully saturated rings. The molecule has 326 valence electrons. The van der Waals surface area contributed by atoms with Crippen molar-refractivity contribution in [1.82, 2.24) is 43.5 Å². The Morgan fingerprint density at radius 1 is 0.984 bits per heavy atom. The first-order valence-electron chi connectivity index (χ1n) is 21.3. The Balaban J connectivity index is 1.12. The van der Waals surface area contributed by atoms with Crippen LogP contribution < -0.4 is 11.0 Å². The first-order chi connectivity index (χ1) is 30.2. The molecule has 1 amide bonds. The summed E-state index contributed by atoms with van der Waals surface area (Å²) in [7, 11) is 1.85. The number of aryl methyl sites for hydroxylation is 3. The molecule has 10 rings (SSSR count). The predicted octanol–water partition coefficient (Wildman–Crippen LogP) is 7.03. The van der Waals surface area contributed by atoms with Crippen molar-refractivity contribution in [3.8, 4) is 17.2 Å². The lowest BCUT2D eigenvalue weighted by atomic mass is 9.90. The molecule has 3 aliphatic rings. The van der Waals surface area contributed by atoms with Crippen molar-refractivity contribution >= 4 is 33.7 Å². The summed E-state index contributed by atoms with van der Waals surface area (Å²) in [4.78, 5) is 28.4. The standard InChI is InChI=1S/C46H48F2N10O5/c1-24-18-31(19-25(2)39(24)47)58-41(56-15-14-55(45(56)62)30-6-8-35-29(20-30)23-50-53(35)5)38-27(4)54(13-10-34(38)52-58)42(59)37-21-33-36(9-7-32(40(33)48)28-11-16-63-17-12-28)57(37)46(22-26(46)3)43(49)51-44(60)61/h6-9,14-15,18-21,23,26-28,42,59H,10-13,16-17,22H2,1-5H3,(H2,49,51)(H,60,61)/t26-,27-,42?,46-/m0/s1. The van der Waals surface area contributed by atoms with Gasteiger partial charge in [-0.1, -0.05) is 13.0 Å². The van der Waals surface area contributed by atoms with Gasteiger partial charge in [-0.2, -0.15) is 10.2 Å². The highest BCUT2D eigenvalue weighted by Gasteiger charge is 2.59. The molecule has 1 saturated heterocycles. The lowest BCUT2D eigenvalue weighted by molar-refractivity contribution is -0.0338. The van der Waals surface area contributed by atoms with Crippen molar-refractivity contribution in [2.24, 2.45) is 13.0 Å². The topological polar surface area (TPSA) is 173 Å². The molecule has 1 saturated carbocycles. The van der Waals surface area contributed by atoms with Gasteiger partial charge in [0.25, 0.3) is 0 Å². The SMILES string of the molecule is Cc1cc(-n2nc3c(c2-n2ccn(-c4ccc5c(cnn5C)c4)c2=O)[C@H](C)N(C(O)c2cc4c(F)c(C5CCOCC5)ccc4n2[C@@]2(C(=N)NC(=O)O)C[C@@H]2C)CC3)cc(C)c1F. The van der Waals surface area contributed by atoms with Crippen LogP contribution in [0.3, 0.4) is 0 Å². The lowest BCUT2D eigenvalue weighted by Gasteiger charge is -2.38. The molecular weight excluding hydrogens is 811 g/mol. The minimum absolute atomic E-state index is 0.0543. The smallest absolute Gasteiger partial charge is 0.410 e. The second-order valence-electron chi connectivity index (χ2n) is 17.4. The van der Waals surface area contributed by atoms with Crippen LogP contribution in [-0.4, -0.2) is 80.1 Å². The number of nitrogens with zero attached hydrogens (tertiary/aromatic N) is 8. The van der Waals surface area contributed by atoms with E-state index in [-0.39, 0.29) is 34.6 Å². The summed E-state index contributed by atoms with van der Waals surface area (Å²) in [6.07, 6.45) is 4.40. The zero-order valence-corrected chi connectivity index (χ0v) is 35.6. The zero-order chi connectivity index (χ0) is 44.2. The number of aliphatic hydroxyl groups is 1. The van der Waals surface area contributed by atoms with Crippen molar-refractivity contribution in [1.29, 1.82) is 5.41 Å². The first kappa shape index (κ1) is 40.6. The number of ether oxygens (including phenoxy) is 1. The maximum absolute atomic E-state index is 16.9. The van der Waals surface area contributed by atoms with Crippen molar-refractivity contribution < 1.29 is 28.5 Å². The number of amidine groups is 1. The number of rotatable bonds is 8. The monoisotopic (exact) mass is 858 g/mol. The Morgan fingerprint density at radius 3 is 2.38 bits per heavy atom. The van der Waals surface area contributed by atoms with Crippen LogP contribution in [0.1, 0.15) is 84.9 Å². The van der Waals surface area contributed by atoms with Gasteiger partial charge in [-0.05, 0) is 111 Å². The van der Waals surface area contributed by atoms with Crippen LogP contribution in [0.4, 0.5) is 13.6 Å². The number of carbonyl (C=O) groups is 1. The van der Waals surface area contributed by atoms with Gasteiger partial charge in [-0.15, -0.1) is 0 Å². The molecule has 1 unspecified atom stereocenters. The molecule has 3 aromatic carbocycles. The van der Waals surface area contributed by atoms with Gasteiger partial charge >= 0.3 is 11.8 Å². The highest BCUT2D eigenvalue weighted by atomic mass is 19.1. The number of aromatic nitrogens is 7. The molecule has 0 radical (unpaired) electrons. The van der Waals surface area contributed by atoms with E-state index in [2.05, 4.69) is 10.4 Å². The lowest BCUT2D eigenvalue weighted by Crippen LogP contribution is -2.44. The van der Waals surface area contributed by atoms with E-state index in [4.69, 9.17) is 15.2 Å². The minimum Gasteiger partial charge on any atom is -0.465 e. The molecular formula is C46H48F2N10O5. The Morgan fingerprint density at radius 2 is 1.68 bits per heavy atom. The molecule has 0 bridgehead atoms. The van der Waals surface area contributed by atoms with Gasteiger partial charge in [0, 0.05) is 68.0 Å². The average molecular weight is 859 g/mol. The number of hydrogen-bond donors (Lipinski definition) is 4. The minimum atomic E-state index is -1.39. The van der Waals surface area contributed by atoms with E-state index >= 15 is 8.78 Å². The number of nitrogens with one attached hydrogen (secondary N) is 2. The number of aliphatic hydroxyl groups excluding tert-OH is 1. The van der Waals surface area contributed by atoms with Crippen LogP contribution in [0.25, 0.3) is 39.0 Å². The van der Waals surface area contributed by atoms with Crippen LogP contribution in [0.5, 0.6) is 0 Å². The van der Waals surface area contributed by atoms with E-state index < -0.39 is 29.7 Å². The molecule has 63 heavy (non-hydrogen) atoms. The summed E-state index contributed by atoms with van der Waals surface area (Å²) in [5.41, 5.74) is 3.98. The van der Waals surface area contributed by atoms with Crippen molar-refractivity contribution in [2.75, 3.05) is 19.8 Å².